The van der Waals surface area contributed by atoms with E-state index in [4.69, 9.17) is 9.16 Å². The van der Waals surface area contributed by atoms with Crippen LogP contribution in [-0.4, -0.2) is 33.2 Å². The van der Waals surface area contributed by atoms with Crippen molar-refractivity contribution in [3.63, 3.8) is 0 Å². The van der Waals surface area contributed by atoms with Gasteiger partial charge < -0.3 is 14.5 Å². The SMILES string of the molecule is CC(=O)O[C@H]1NC(=O)[C@@H]1C[C@@H](O[SiH](C)C)C(C)(C)C. The highest BCUT2D eigenvalue weighted by atomic mass is 28.3. The summed E-state index contributed by atoms with van der Waals surface area (Å²) in [5.41, 5.74) is -0.0338. The average molecular weight is 287 g/mol. The number of amides is 1. The molecule has 1 heterocycles. The number of ether oxygens (including phenoxy) is 1. The molecule has 0 spiro atoms. The van der Waals surface area contributed by atoms with Crippen molar-refractivity contribution in [3.8, 4) is 0 Å². The van der Waals surface area contributed by atoms with Gasteiger partial charge in [0.05, 0.1) is 12.0 Å². The van der Waals surface area contributed by atoms with E-state index in [1.54, 1.807) is 0 Å². The summed E-state index contributed by atoms with van der Waals surface area (Å²) < 4.78 is 11.1. The molecule has 1 aliphatic heterocycles. The summed E-state index contributed by atoms with van der Waals surface area (Å²) in [6, 6.07) is 0. The fraction of sp³-hybridized carbons (Fsp3) is 0.846. The van der Waals surface area contributed by atoms with Crippen LogP contribution in [0, 0.1) is 11.3 Å². The lowest BCUT2D eigenvalue weighted by molar-refractivity contribution is -0.169. The van der Waals surface area contributed by atoms with E-state index < -0.39 is 15.3 Å². The normalized spacial score (nSPS) is 24.7. The van der Waals surface area contributed by atoms with E-state index in [1.165, 1.54) is 6.92 Å². The molecule has 0 saturated carbocycles. The maximum absolute atomic E-state index is 11.6. The largest absolute Gasteiger partial charge is 0.441 e. The first-order valence-electron chi connectivity index (χ1n) is 6.74. The molecule has 1 rings (SSSR count). The Kier molecular flexibility index (Phi) is 5.15. The van der Waals surface area contributed by atoms with Gasteiger partial charge in [-0.2, -0.15) is 0 Å². The Balaban J connectivity index is 2.67. The summed E-state index contributed by atoms with van der Waals surface area (Å²) in [7, 11) is -1.18. The van der Waals surface area contributed by atoms with Crippen molar-refractivity contribution in [1.82, 2.24) is 5.32 Å². The van der Waals surface area contributed by atoms with Crippen molar-refractivity contribution in [3.05, 3.63) is 0 Å². The maximum atomic E-state index is 11.6. The van der Waals surface area contributed by atoms with Gasteiger partial charge in [0.15, 0.2) is 15.3 Å². The topological polar surface area (TPSA) is 64.6 Å². The van der Waals surface area contributed by atoms with Crippen LogP contribution >= 0.6 is 0 Å². The summed E-state index contributed by atoms with van der Waals surface area (Å²) in [5.74, 6) is -0.725. The summed E-state index contributed by atoms with van der Waals surface area (Å²) >= 11 is 0. The lowest BCUT2D eigenvalue weighted by atomic mass is 9.81. The standard InChI is InChI=1S/C13H25NO4Si/c1-8(15)17-12-9(11(16)14-12)7-10(13(2,3)4)18-19(5)6/h9-10,12,19H,7H2,1-6H3,(H,14,16)/t9-,10+,12+/m0/s1. The number of esters is 1. The number of hydrogen-bond donors (Lipinski definition) is 1. The zero-order chi connectivity index (χ0) is 14.8. The zero-order valence-corrected chi connectivity index (χ0v) is 13.8. The molecule has 1 amide bonds. The first kappa shape index (κ1) is 16.2. The Labute approximate surface area is 116 Å². The smallest absolute Gasteiger partial charge is 0.304 e. The molecule has 1 fully saturated rings. The third-order valence-electron chi connectivity index (χ3n) is 3.15. The van der Waals surface area contributed by atoms with Gasteiger partial charge in [-0.05, 0) is 24.9 Å². The van der Waals surface area contributed by atoms with Gasteiger partial charge in [0.25, 0.3) is 0 Å². The fourth-order valence-electron chi connectivity index (χ4n) is 2.08. The molecule has 6 heteroatoms. The van der Waals surface area contributed by atoms with Crippen molar-refractivity contribution in [2.75, 3.05) is 0 Å². The summed E-state index contributed by atoms with van der Waals surface area (Å²) in [6.07, 6.45) is 0.110. The van der Waals surface area contributed by atoms with Crippen LogP contribution < -0.4 is 5.32 Å². The quantitative estimate of drug-likeness (QED) is 0.472. The third-order valence-corrected chi connectivity index (χ3v) is 4.02. The molecule has 0 aromatic heterocycles. The van der Waals surface area contributed by atoms with E-state index in [2.05, 4.69) is 39.2 Å². The fourth-order valence-corrected chi connectivity index (χ4v) is 3.26. The summed E-state index contributed by atoms with van der Waals surface area (Å²) in [4.78, 5) is 22.6. The van der Waals surface area contributed by atoms with Crippen LogP contribution in [0.4, 0.5) is 0 Å². The molecule has 3 atom stereocenters. The first-order chi connectivity index (χ1) is 8.61. The maximum Gasteiger partial charge on any atom is 0.304 e. The molecule has 0 aromatic carbocycles. The Hall–Kier alpha value is -0.883. The van der Waals surface area contributed by atoms with Crippen molar-refractivity contribution >= 4 is 20.9 Å². The first-order valence-corrected chi connectivity index (χ1v) is 9.52. The van der Waals surface area contributed by atoms with Gasteiger partial charge in [-0.1, -0.05) is 20.8 Å². The lowest BCUT2D eigenvalue weighted by Gasteiger charge is -2.41. The van der Waals surface area contributed by atoms with E-state index in [-0.39, 0.29) is 29.3 Å². The predicted octanol–water partition coefficient (Wildman–Crippen LogP) is 1.43. The van der Waals surface area contributed by atoms with Crippen molar-refractivity contribution < 1.29 is 18.8 Å². The van der Waals surface area contributed by atoms with Crippen molar-refractivity contribution in [1.29, 1.82) is 0 Å². The van der Waals surface area contributed by atoms with Crippen LogP contribution in [0.5, 0.6) is 0 Å². The second kappa shape index (κ2) is 6.05. The van der Waals surface area contributed by atoms with Crippen LogP contribution in [0.2, 0.25) is 13.1 Å². The second-order valence-electron chi connectivity index (χ2n) is 6.42. The van der Waals surface area contributed by atoms with Crippen LogP contribution in [0.3, 0.4) is 0 Å². The molecule has 110 valence electrons. The molecule has 5 nitrogen and oxygen atoms in total. The van der Waals surface area contributed by atoms with Crippen LogP contribution in [0.25, 0.3) is 0 Å². The number of hydrogen-bond acceptors (Lipinski definition) is 4. The van der Waals surface area contributed by atoms with Gasteiger partial charge in [0, 0.05) is 6.92 Å². The molecule has 1 saturated heterocycles. The average Bonchev–Trinajstić information content (AvgIpc) is 2.20. The van der Waals surface area contributed by atoms with Gasteiger partial charge >= 0.3 is 5.97 Å². The van der Waals surface area contributed by atoms with E-state index >= 15 is 0 Å². The number of carbonyl (C=O) groups is 2. The molecule has 1 aliphatic rings. The zero-order valence-electron chi connectivity index (χ0n) is 12.6. The van der Waals surface area contributed by atoms with Crippen LogP contribution in [-0.2, 0) is 18.8 Å². The number of nitrogens with one attached hydrogen (secondary N) is 1. The minimum atomic E-state index is -1.18. The van der Waals surface area contributed by atoms with Gasteiger partial charge in [0.2, 0.25) is 5.91 Å². The lowest BCUT2D eigenvalue weighted by Crippen LogP contribution is -2.61. The molecular formula is C13H25NO4Si. The summed E-state index contributed by atoms with van der Waals surface area (Å²) in [6.45, 7) is 11.9. The molecule has 0 radical (unpaired) electrons. The van der Waals surface area contributed by atoms with Crippen LogP contribution in [0.1, 0.15) is 34.1 Å². The predicted molar refractivity (Wildman–Crippen MR) is 75.0 cm³/mol. The van der Waals surface area contributed by atoms with E-state index in [0.29, 0.717) is 6.42 Å². The molecule has 0 unspecified atom stereocenters. The highest BCUT2D eigenvalue weighted by Crippen LogP contribution is 2.32. The van der Waals surface area contributed by atoms with Gasteiger partial charge in [0.1, 0.15) is 0 Å². The van der Waals surface area contributed by atoms with Crippen molar-refractivity contribution in [2.45, 2.75) is 59.5 Å². The molecule has 1 N–H and O–H groups in total. The minimum absolute atomic E-state index is 0.00766. The van der Waals surface area contributed by atoms with Gasteiger partial charge in [-0.15, -0.1) is 0 Å². The third kappa shape index (κ3) is 4.61. The molecule has 19 heavy (non-hydrogen) atoms. The van der Waals surface area contributed by atoms with Gasteiger partial charge in [-0.3, -0.25) is 9.59 Å². The Bertz CT molecular complexity index is 351. The summed E-state index contributed by atoms with van der Waals surface area (Å²) in [5, 5.41) is 2.61. The number of β-lactam (4-membered cyclic amide) rings is 1. The minimum Gasteiger partial charge on any atom is -0.441 e. The van der Waals surface area contributed by atoms with E-state index in [9.17, 15) is 9.59 Å². The van der Waals surface area contributed by atoms with Gasteiger partial charge in [-0.25, -0.2) is 0 Å². The molecular weight excluding hydrogens is 262 g/mol. The Morgan fingerprint density at radius 1 is 1.42 bits per heavy atom. The monoisotopic (exact) mass is 287 g/mol. The van der Waals surface area contributed by atoms with E-state index in [0.717, 1.165) is 0 Å². The Morgan fingerprint density at radius 3 is 2.37 bits per heavy atom. The Morgan fingerprint density at radius 2 is 2.00 bits per heavy atom. The van der Waals surface area contributed by atoms with Crippen molar-refractivity contribution in [2.24, 2.45) is 11.3 Å². The van der Waals surface area contributed by atoms with Crippen LogP contribution in [0.15, 0.2) is 0 Å². The highest BCUT2D eigenvalue weighted by Gasteiger charge is 2.45. The highest BCUT2D eigenvalue weighted by molar-refractivity contribution is 6.48. The number of rotatable bonds is 5. The second-order valence-corrected chi connectivity index (χ2v) is 8.79. The van der Waals surface area contributed by atoms with E-state index in [1.807, 2.05) is 0 Å². The number of carbonyl (C=O) groups excluding carboxylic acids is 2. The molecule has 0 bridgehead atoms. The molecule has 0 aromatic rings. The molecule has 0 aliphatic carbocycles.